The van der Waals surface area contributed by atoms with E-state index in [0.717, 1.165) is 13.0 Å². The van der Waals surface area contributed by atoms with Crippen molar-refractivity contribution in [2.75, 3.05) is 0 Å². The van der Waals surface area contributed by atoms with Crippen molar-refractivity contribution in [3.05, 3.63) is 30.4 Å². The third kappa shape index (κ3) is 1.23. The van der Waals surface area contributed by atoms with Crippen LogP contribution in [0.15, 0.2) is 12.1 Å². The third-order valence-corrected chi connectivity index (χ3v) is 1.80. The Bertz CT molecular complexity index is 191. The van der Waals surface area contributed by atoms with Gasteiger partial charge in [0.1, 0.15) is 0 Å². The smallest absolute Gasteiger partial charge is 0.0224 e. The van der Waals surface area contributed by atoms with Crippen molar-refractivity contribution in [3.8, 4) is 0 Å². The average Bonchev–Trinajstić information content (AvgIpc) is 2.20. The molecule has 0 aliphatic rings. The fourth-order valence-electron chi connectivity index (χ4n) is 1.21. The summed E-state index contributed by atoms with van der Waals surface area (Å²) in [6, 6.07) is 4.29. The second kappa shape index (κ2) is 2.91. The lowest BCUT2D eigenvalue weighted by Crippen LogP contribution is -2.00. The van der Waals surface area contributed by atoms with E-state index in [9.17, 15) is 0 Å². The van der Waals surface area contributed by atoms with Crippen molar-refractivity contribution in [1.82, 2.24) is 4.57 Å². The Kier molecular flexibility index (Phi) is 2.15. The summed E-state index contributed by atoms with van der Waals surface area (Å²) in [5, 5.41) is 0. The van der Waals surface area contributed by atoms with Crippen molar-refractivity contribution in [2.24, 2.45) is 0 Å². The van der Waals surface area contributed by atoms with Crippen LogP contribution in [-0.2, 0) is 6.54 Å². The van der Waals surface area contributed by atoms with Gasteiger partial charge < -0.3 is 4.57 Å². The highest BCUT2D eigenvalue weighted by Gasteiger charge is 1.96. The van der Waals surface area contributed by atoms with Crippen LogP contribution < -0.4 is 0 Å². The maximum atomic E-state index is 3.82. The Hall–Kier alpha value is -0.720. The Morgan fingerprint density at radius 2 is 1.80 bits per heavy atom. The summed E-state index contributed by atoms with van der Waals surface area (Å²) in [7, 11) is 0. The van der Waals surface area contributed by atoms with Gasteiger partial charge in [-0.3, -0.25) is 0 Å². The molecular formula is C9H14N. The molecule has 10 heavy (non-hydrogen) atoms. The molecule has 0 aliphatic heterocycles. The van der Waals surface area contributed by atoms with Crippen molar-refractivity contribution in [3.63, 3.8) is 0 Å². The second-order valence-electron chi connectivity index (χ2n) is 2.62. The molecule has 1 radical (unpaired) electrons. The number of aryl methyl sites for hydroxylation is 2. The Morgan fingerprint density at radius 3 is 2.20 bits per heavy atom. The Balaban J connectivity index is 2.87. The first-order valence-electron chi connectivity index (χ1n) is 3.67. The summed E-state index contributed by atoms with van der Waals surface area (Å²) in [5.74, 6) is 0. The van der Waals surface area contributed by atoms with E-state index in [1.165, 1.54) is 11.4 Å². The first-order chi connectivity index (χ1) is 4.75. The molecule has 0 N–H and O–H groups in total. The molecular weight excluding hydrogens is 122 g/mol. The van der Waals surface area contributed by atoms with Gasteiger partial charge in [0.2, 0.25) is 0 Å². The van der Waals surface area contributed by atoms with E-state index in [2.05, 4.69) is 37.5 Å². The number of rotatable bonds is 2. The zero-order valence-corrected chi connectivity index (χ0v) is 6.72. The highest BCUT2D eigenvalue weighted by molar-refractivity contribution is 5.13. The molecule has 0 fully saturated rings. The minimum Gasteiger partial charge on any atom is -0.349 e. The molecule has 1 heteroatoms. The number of hydrogen-bond acceptors (Lipinski definition) is 0. The summed E-state index contributed by atoms with van der Waals surface area (Å²) in [5.41, 5.74) is 2.67. The normalized spacial score (nSPS) is 10.3. The zero-order valence-electron chi connectivity index (χ0n) is 6.72. The predicted octanol–water partition coefficient (Wildman–Crippen LogP) is 2.33. The van der Waals surface area contributed by atoms with Crippen LogP contribution in [0.4, 0.5) is 0 Å². The molecule has 55 valence electrons. The van der Waals surface area contributed by atoms with Crippen molar-refractivity contribution >= 4 is 0 Å². The van der Waals surface area contributed by atoms with Crippen molar-refractivity contribution < 1.29 is 0 Å². The summed E-state index contributed by atoms with van der Waals surface area (Å²) >= 11 is 0. The fourth-order valence-corrected chi connectivity index (χ4v) is 1.21. The van der Waals surface area contributed by atoms with E-state index < -0.39 is 0 Å². The minimum atomic E-state index is 0.969. The monoisotopic (exact) mass is 136 g/mol. The summed E-state index contributed by atoms with van der Waals surface area (Å²) < 4.78 is 2.28. The maximum absolute atomic E-state index is 3.82. The molecule has 0 atom stereocenters. The second-order valence-corrected chi connectivity index (χ2v) is 2.62. The standard InChI is InChI=1S/C9H14N/c1-4-7-10-8(2)5-6-9(10)3/h5-6H,1,4,7H2,2-3H3. The number of hydrogen-bond donors (Lipinski definition) is 0. The zero-order chi connectivity index (χ0) is 7.56. The van der Waals surface area contributed by atoms with Crippen LogP contribution in [0.25, 0.3) is 0 Å². The lowest BCUT2D eigenvalue weighted by Gasteiger charge is -2.05. The van der Waals surface area contributed by atoms with E-state index in [1.807, 2.05) is 0 Å². The topological polar surface area (TPSA) is 4.93 Å². The quantitative estimate of drug-likeness (QED) is 0.588. The van der Waals surface area contributed by atoms with E-state index in [4.69, 9.17) is 0 Å². The van der Waals surface area contributed by atoms with Crippen molar-refractivity contribution in [1.29, 1.82) is 0 Å². The molecule has 0 spiro atoms. The molecule has 1 aromatic heterocycles. The van der Waals surface area contributed by atoms with Gasteiger partial charge in [-0.1, -0.05) is 6.92 Å². The molecule has 0 aromatic carbocycles. The Morgan fingerprint density at radius 1 is 1.30 bits per heavy atom. The highest BCUT2D eigenvalue weighted by atomic mass is 15.0. The highest BCUT2D eigenvalue weighted by Crippen LogP contribution is 2.06. The Labute approximate surface area is 62.7 Å². The first-order valence-corrected chi connectivity index (χ1v) is 3.67. The van der Waals surface area contributed by atoms with Gasteiger partial charge in [-0.2, -0.15) is 0 Å². The maximum Gasteiger partial charge on any atom is 0.0224 e. The SMILES string of the molecule is [CH2]CCn1c(C)ccc1C. The molecule has 1 rings (SSSR count). The summed E-state index contributed by atoms with van der Waals surface area (Å²) in [6.45, 7) is 9.12. The van der Waals surface area contributed by atoms with Gasteiger partial charge in [0.05, 0.1) is 0 Å². The minimum absolute atomic E-state index is 0.969. The van der Waals surface area contributed by atoms with Gasteiger partial charge in [0.25, 0.3) is 0 Å². The van der Waals surface area contributed by atoms with Gasteiger partial charge in [-0.15, -0.1) is 0 Å². The molecule has 1 heterocycles. The van der Waals surface area contributed by atoms with E-state index >= 15 is 0 Å². The average molecular weight is 136 g/mol. The number of aromatic nitrogens is 1. The molecule has 0 saturated carbocycles. The molecule has 0 unspecified atom stereocenters. The van der Waals surface area contributed by atoms with E-state index in [1.54, 1.807) is 0 Å². The van der Waals surface area contributed by atoms with Crippen LogP contribution in [0.5, 0.6) is 0 Å². The molecule has 0 saturated heterocycles. The van der Waals surface area contributed by atoms with Gasteiger partial charge >= 0.3 is 0 Å². The molecule has 0 amide bonds. The lowest BCUT2D eigenvalue weighted by molar-refractivity contribution is 0.673. The number of nitrogens with zero attached hydrogens (tertiary/aromatic N) is 1. The lowest BCUT2D eigenvalue weighted by atomic mass is 10.4. The summed E-state index contributed by atoms with van der Waals surface area (Å²) in [6.07, 6.45) is 0.969. The molecule has 0 bridgehead atoms. The predicted molar refractivity (Wildman–Crippen MR) is 43.9 cm³/mol. The first kappa shape index (κ1) is 7.39. The molecule has 1 aromatic rings. The molecule has 0 aliphatic carbocycles. The van der Waals surface area contributed by atoms with Gasteiger partial charge in [0.15, 0.2) is 0 Å². The van der Waals surface area contributed by atoms with Crippen LogP contribution in [-0.4, -0.2) is 4.57 Å². The van der Waals surface area contributed by atoms with Gasteiger partial charge in [-0.05, 0) is 32.4 Å². The molecule has 1 nitrogen and oxygen atoms in total. The van der Waals surface area contributed by atoms with Gasteiger partial charge in [-0.25, -0.2) is 0 Å². The van der Waals surface area contributed by atoms with Crippen LogP contribution in [0.3, 0.4) is 0 Å². The van der Waals surface area contributed by atoms with Crippen LogP contribution in [0, 0.1) is 20.8 Å². The van der Waals surface area contributed by atoms with E-state index in [-0.39, 0.29) is 0 Å². The van der Waals surface area contributed by atoms with E-state index in [0.29, 0.717) is 0 Å². The summed E-state index contributed by atoms with van der Waals surface area (Å²) in [4.78, 5) is 0. The largest absolute Gasteiger partial charge is 0.349 e. The third-order valence-electron chi connectivity index (χ3n) is 1.80. The van der Waals surface area contributed by atoms with Crippen LogP contribution in [0.1, 0.15) is 17.8 Å². The van der Waals surface area contributed by atoms with Crippen LogP contribution in [0.2, 0.25) is 0 Å². The van der Waals surface area contributed by atoms with Crippen molar-refractivity contribution in [2.45, 2.75) is 26.8 Å². The van der Waals surface area contributed by atoms with Gasteiger partial charge in [0, 0.05) is 17.9 Å². The van der Waals surface area contributed by atoms with Crippen LogP contribution >= 0.6 is 0 Å². The fraction of sp³-hybridized carbons (Fsp3) is 0.444.